The summed E-state index contributed by atoms with van der Waals surface area (Å²) < 4.78 is 12.7. The van der Waals surface area contributed by atoms with Crippen LogP contribution in [-0.2, 0) is 19.2 Å². The molecule has 0 spiro atoms. The number of carbonyl (C=O) groups is 5. The van der Waals surface area contributed by atoms with E-state index in [-0.39, 0.29) is 31.4 Å². The third kappa shape index (κ3) is 9.43. The molecule has 1 aromatic rings. The fourth-order valence-electron chi connectivity index (χ4n) is 2.28. The van der Waals surface area contributed by atoms with E-state index < -0.39 is 54.3 Å². The van der Waals surface area contributed by atoms with Crippen LogP contribution in [-0.4, -0.2) is 62.2 Å². The predicted octanol–water partition coefficient (Wildman–Crippen LogP) is 0.400. The van der Waals surface area contributed by atoms with Gasteiger partial charge in [0.1, 0.15) is 12.1 Å². The monoisotopic (exact) mass is 428 g/mol. The summed E-state index contributed by atoms with van der Waals surface area (Å²) in [6, 6.07) is -1.65. The van der Waals surface area contributed by atoms with Crippen molar-refractivity contribution in [3.05, 3.63) is 24.3 Å². The Labute approximate surface area is 169 Å². The molecule has 1 aromatic heterocycles. The average Bonchev–Trinajstić information content (AvgIpc) is 2.65. The lowest BCUT2D eigenvalue weighted by atomic mass is 10.1. The number of carboxylic acids is 3. The second-order valence-electron chi connectivity index (χ2n) is 6.14. The number of amides is 3. The molecule has 164 valence electrons. The molecular formula is C17H21FN4O8. The number of nitrogens with one attached hydrogen (secondary N) is 3. The smallest absolute Gasteiger partial charge is 0.326 e. The molecule has 13 heteroatoms. The van der Waals surface area contributed by atoms with Crippen LogP contribution < -0.4 is 16.0 Å². The molecule has 30 heavy (non-hydrogen) atoms. The van der Waals surface area contributed by atoms with Gasteiger partial charge in [-0.05, 0) is 31.4 Å². The Morgan fingerprint density at radius 1 is 0.933 bits per heavy atom. The van der Waals surface area contributed by atoms with Crippen molar-refractivity contribution in [2.45, 2.75) is 44.2 Å². The molecule has 0 saturated carbocycles. The molecule has 1 rings (SSSR count). The Hall–Kier alpha value is -3.77. The number of halogens is 1. The maximum atomic E-state index is 12.7. The van der Waals surface area contributed by atoms with Gasteiger partial charge in [0.2, 0.25) is 11.9 Å². The van der Waals surface area contributed by atoms with Gasteiger partial charge < -0.3 is 31.3 Å². The molecule has 0 aliphatic carbocycles. The molecular weight excluding hydrogens is 407 g/mol. The van der Waals surface area contributed by atoms with Crippen molar-refractivity contribution in [1.29, 1.82) is 0 Å². The van der Waals surface area contributed by atoms with Gasteiger partial charge >= 0.3 is 23.9 Å². The minimum atomic E-state index is -1.51. The van der Waals surface area contributed by atoms with E-state index in [1.807, 2.05) is 5.32 Å². The van der Waals surface area contributed by atoms with Gasteiger partial charge in [-0.2, -0.15) is 4.39 Å². The van der Waals surface area contributed by atoms with Gasteiger partial charge in [-0.1, -0.05) is 0 Å². The van der Waals surface area contributed by atoms with Crippen LogP contribution in [0.2, 0.25) is 0 Å². The van der Waals surface area contributed by atoms with E-state index >= 15 is 0 Å². The van der Waals surface area contributed by atoms with Crippen molar-refractivity contribution in [3.63, 3.8) is 0 Å². The van der Waals surface area contributed by atoms with Gasteiger partial charge in [-0.3, -0.25) is 9.59 Å². The molecule has 0 radical (unpaired) electrons. The number of carboxylic acid groups (broad SMARTS) is 3. The number of hydrogen-bond donors (Lipinski definition) is 6. The highest BCUT2D eigenvalue weighted by atomic mass is 19.1. The number of anilines is 1. The number of rotatable bonds is 12. The lowest BCUT2D eigenvalue weighted by Gasteiger charge is -2.18. The highest BCUT2D eigenvalue weighted by Crippen LogP contribution is 2.08. The quantitative estimate of drug-likeness (QED) is 0.255. The van der Waals surface area contributed by atoms with Gasteiger partial charge in [0.05, 0.1) is 11.9 Å². The maximum absolute atomic E-state index is 12.7. The first-order chi connectivity index (χ1) is 14.1. The molecule has 0 fully saturated rings. The van der Waals surface area contributed by atoms with Gasteiger partial charge in [0.25, 0.3) is 0 Å². The number of pyridine rings is 1. The predicted molar refractivity (Wildman–Crippen MR) is 98.1 cm³/mol. The zero-order chi connectivity index (χ0) is 22.7. The molecule has 0 saturated heterocycles. The van der Waals surface area contributed by atoms with Crippen LogP contribution in [0.5, 0.6) is 0 Å². The van der Waals surface area contributed by atoms with Crippen LogP contribution in [0, 0.1) is 5.95 Å². The van der Waals surface area contributed by atoms with Crippen LogP contribution in [0.4, 0.5) is 14.9 Å². The lowest BCUT2D eigenvalue weighted by Crippen LogP contribution is -2.51. The van der Waals surface area contributed by atoms with E-state index in [1.165, 1.54) is 6.07 Å². The van der Waals surface area contributed by atoms with Crippen LogP contribution in [0.15, 0.2) is 18.3 Å². The minimum Gasteiger partial charge on any atom is -0.481 e. The van der Waals surface area contributed by atoms with Crippen molar-refractivity contribution < 1.29 is 43.7 Å². The molecule has 0 aromatic carbocycles. The third-order valence-corrected chi connectivity index (χ3v) is 3.76. The first-order valence-corrected chi connectivity index (χ1v) is 8.74. The van der Waals surface area contributed by atoms with Gasteiger partial charge in [0, 0.05) is 12.8 Å². The Bertz CT molecular complexity index is 786. The highest BCUT2D eigenvalue weighted by molar-refractivity contribution is 5.90. The van der Waals surface area contributed by atoms with E-state index in [1.54, 1.807) is 0 Å². The normalized spacial score (nSPS) is 12.3. The zero-order valence-corrected chi connectivity index (χ0v) is 15.6. The zero-order valence-electron chi connectivity index (χ0n) is 15.6. The summed E-state index contributed by atoms with van der Waals surface area (Å²) in [7, 11) is 0. The van der Waals surface area contributed by atoms with E-state index in [0.717, 1.165) is 12.3 Å². The van der Waals surface area contributed by atoms with E-state index in [9.17, 15) is 33.5 Å². The standard InChI is InChI=1S/C17H21FN4O8/c18-12-6-4-9(8-19-12)20-13(23)3-1-2-10(15(26)27)21-17(30)22-11(16(28)29)5-7-14(24)25/h4,6,8,10-11H,1-3,5,7H2,(H,20,23)(H,24,25)(H,26,27)(H,28,29)(H2,21,22,30)/t10-,11-/m0/s1. The third-order valence-electron chi connectivity index (χ3n) is 3.76. The number of aromatic nitrogens is 1. The molecule has 0 aliphatic heterocycles. The molecule has 12 nitrogen and oxygen atoms in total. The number of aliphatic carboxylic acids is 3. The summed E-state index contributed by atoms with van der Waals surface area (Å²) in [6.45, 7) is 0. The van der Waals surface area contributed by atoms with Gasteiger partial charge in [-0.25, -0.2) is 19.4 Å². The summed E-state index contributed by atoms with van der Waals surface area (Å²) >= 11 is 0. The highest BCUT2D eigenvalue weighted by Gasteiger charge is 2.24. The summed E-state index contributed by atoms with van der Waals surface area (Å²) in [5.41, 5.74) is 0.259. The average molecular weight is 428 g/mol. The van der Waals surface area contributed by atoms with Crippen LogP contribution in [0.1, 0.15) is 32.1 Å². The minimum absolute atomic E-state index is 0.0685. The summed E-state index contributed by atoms with van der Waals surface area (Å²) in [6.07, 6.45) is 0.0690. The van der Waals surface area contributed by atoms with Crippen LogP contribution >= 0.6 is 0 Å². The number of urea groups is 1. The fraction of sp³-hybridized carbons (Fsp3) is 0.412. The largest absolute Gasteiger partial charge is 0.481 e. The first-order valence-electron chi connectivity index (χ1n) is 8.74. The van der Waals surface area contributed by atoms with E-state index in [0.29, 0.717) is 0 Å². The Balaban J connectivity index is 2.48. The number of hydrogen-bond acceptors (Lipinski definition) is 6. The summed E-state index contributed by atoms with van der Waals surface area (Å²) in [5, 5.41) is 33.3. The molecule has 0 aliphatic rings. The lowest BCUT2D eigenvalue weighted by molar-refractivity contribution is -0.140. The van der Waals surface area contributed by atoms with Crippen molar-refractivity contribution in [1.82, 2.24) is 15.6 Å². The molecule has 3 amide bonds. The second kappa shape index (κ2) is 11.9. The SMILES string of the molecule is O=C(O)CC[C@H](NC(=O)N[C@@H](CCCC(=O)Nc1ccc(F)nc1)C(=O)O)C(=O)O. The second-order valence-corrected chi connectivity index (χ2v) is 6.14. The van der Waals surface area contributed by atoms with Gasteiger partial charge in [0.15, 0.2) is 0 Å². The van der Waals surface area contributed by atoms with E-state index in [2.05, 4.69) is 15.6 Å². The summed E-state index contributed by atoms with van der Waals surface area (Å²) in [4.78, 5) is 59.9. The van der Waals surface area contributed by atoms with Crippen molar-refractivity contribution in [2.24, 2.45) is 0 Å². The van der Waals surface area contributed by atoms with Crippen molar-refractivity contribution >= 4 is 35.5 Å². The Morgan fingerprint density at radius 2 is 1.53 bits per heavy atom. The maximum Gasteiger partial charge on any atom is 0.326 e. The molecule has 1 heterocycles. The summed E-state index contributed by atoms with van der Waals surface area (Å²) in [5.74, 6) is -5.30. The van der Waals surface area contributed by atoms with Crippen molar-refractivity contribution in [2.75, 3.05) is 5.32 Å². The molecule has 6 N–H and O–H groups in total. The molecule has 0 unspecified atom stereocenters. The first kappa shape index (κ1) is 24.3. The molecule has 2 atom stereocenters. The molecule has 0 bridgehead atoms. The van der Waals surface area contributed by atoms with E-state index in [4.69, 9.17) is 10.2 Å². The van der Waals surface area contributed by atoms with Crippen LogP contribution in [0.25, 0.3) is 0 Å². The fourth-order valence-corrected chi connectivity index (χ4v) is 2.28. The Kier molecular flexibility index (Phi) is 9.65. The van der Waals surface area contributed by atoms with Gasteiger partial charge in [-0.15, -0.1) is 0 Å². The number of carbonyl (C=O) groups excluding carboxylic acids is 2. The van der Waals surface area contributed by atoms with Crippen molar-refractivity contribution in [3.8, 4) is 0 Å². The topological polar surface area (TPSA) is 195 Å². The number of nitrogens with zero attached hydrogens (tertiary/aromatic N) is 1. The van der Waals surface area contributed by atoms with Crippen LogP contribution in [0.3, 0.4) is 0 Å². The Morgan fingerprint density at radius 3 is 2.03 bits per heavy atom.